The fourth-order valence-electron chi connectivity index (χ4n) is 2.61. The molecular formula is C15H19N3. The Morgan fingerprint density at radius 3 is 2.39 bits per heavy atom. The summed E-state index contributed by atoms with van der Waals surface area (Å²) in [6, 6.07) is 7.70. The fraction of sp³-hybridized carbons (Fsp3) is 0.467. The summed E-state index contributed by atoms with van der Waals surface area (Å²) in [4.78, 5) is 1.75. The molecule has 1 aromatic rings. The standard InChI is InChI=1S/C15H19N3/c1-13-6-8-14(9-7-13)17-15(18(2)12-16)10-4-3-5-11-15/h1,6-9,17H,3-5,10-11H2,2H3. The van der Waals surface area contributed by atoms with E-state index in [1.54, 1.807) is 4.90 Å². The Hall–Kier alpha value is -1.69. The lowest BCUT2D eigenvalue weighted by atomic mass is 9.87. The molecule has 94 valence electrons. The van der Waals surface area contributed by atoms with Gasteiger partial charge in [0.15, 0.2) is 6.19 Å². The predicted octanol–water partition coefficient (Wildman–Crippen LogP) is 3.23. The van der Waals surface area contributed by atoms with Crippen molar-refractivity contribution in [3.05, 3.63) is 36.8 Å². The molecule has 3 heteroatoms. The average Bonchev–Trinajstić information content (AvgIpc) is 2.41. The molecule has 0 atom stereocenters. The summed E-state index contributed by atoms with van der Waals surface area (Å²) in [7, 11) is 1.86. The van der Waals surface area contributed by atoms with Gasteiger partial charge < -0.3 is 5.32 Å². The average molecular weight is 241 g/mol. The molecule has 0 amide bonds. The molecule has 1 aromatic carbocycles. The quantitative estimate of drug-likeness (QED) is 0.501. The van der Waals surface area contributed by atoms with Crippen LogP contribution >= 0.6 is 0 Å². The largest absolute Gasteiger partial charge is 0.362 e. The van der Waals surface area contributed by atoms with E-state index in [9.17, 15) is 5.26 Å². The van der Waals surface area contributed by atoms with E-state index < -0.39 is 0 Å². The molecule has 0 unspecified atom stereocenters. The van der Waals surface area contributed by atoms with Crippen LogP contribution in [0.15, 0.2) is 24.3 Å². The van der Waals surface area contributed by atoms with Crippen molar-refractivity contribution in [1.29, 1.82) is 5.26 Å². The molecule has 0 bridgehead atoms. The Morgan fingerprint density at radius 2 is 1.83 bits per heavy atom. The maximum atomic E-state index is 9.19. The monoisotopic (exact) mass is 241 g/mol. The van der Waals surface area contributed by atoms with Gasteiger partial charge in [0.1, 0.15) is 5.66 Å². The van der Waals surface area contributed by atoms with Crippen LogP contribution in [0.25, 0.3) is 0 Å². The molecule has 1 fully saturated rings. The van der Waals surface area contributed by atoms with Gasteiger partial charge in [-0.3, -0.25) is 4.90 Å². The van der Waals surface area contributed by atoms with Crippen LogP contribution in [0.3, 0.4) is 0 Å². The van der Waals surface area contributed by atoms with Crippen LogP contribution in [-0.2, 0) is 0 Å². The van der Waals surface area contributed by atoms with Gasteiger partial charge in [0.2, 0.25) is 0 Å². The van der Waals surface area contributed by atoms with Gasteiger partial charge in [-0.15, -0.1) is 0 Å². The zero-order chi connectivity index (χ0) is 13.0. The molecule has 0 aliphatic heterocycles. The molecule has 1 saturated carbocycles. The third kappa shape index (κ3) is 2.59. The van der Waals surface area contributed by atoms with Gasteiger partial charge in [-0.05, 0) is 50.3 Å². The summed E-state index contributed by atoms with van der Waals surface area (Å²) in [6.45, 7) is 5.69. The van der Waals surface area contributed by atoms with Crippen LogP contribution in [0, 0.1) is 18.4 Å². The first-order valence-corrected chi connectivity index (χ1v) is 6.44. The van der Waals surface area contributed by atoms with Crippen molar-refractivity contribution in [3.63, 3.8) is 0 Å². The lowest BCUT2D eigenvalue weighted by molar-refractivity contribution is 0.159. The molecule has 0 spiro atoms. The fourth-order valence-corrected chi connectivity index (χ4v) is 2.61. The van der Waals surface area contributed by atoms with Crippen molar-refractivity contribution < 1.29 is 0 Å². The summed E-state index contributed by atoms with van der Waals surface area (Å²) in [5.74, 6) is 0. The molecule has 1 aliphatic carbocycles. The summed E-state index contributed by atoms with van der Waals surface area (Å²) in [6.07, 6.45) is 7.83. The zero-order valence-corrected chi connectivity index (χ0v) is 10.8. The maximum absolute atomic E-state index is 9.19. The molecule has 18 heavy (non-hydrogen) atoms. The Bertz CT molecular complexity index is 424. The molecule has 0 aromatic heterocycles. The number of anilines is 1. The summed E-state index contributed by atoms with van der Waals surface area (Å²) < 4.78 is 0. The lowest BCUT2D eigenvalue weighted by Crippen LogP contribution is -2.51. The number of benzene rings is 1. The van der Waals surface area contributed by atoms with Crippen LogP contribution in [0.2, 0.25) is 0 Å². The van der Waals surface area contributed by atoms with Crippen molar-refractivity contribution in [2.75, 3.05) is 12.4 Å². The van der Waals surface area contributed by atoms with Gasteiger partial charge in [0.05, 0.1) is 0 Å². The highest BCUT2D eigenvalue weighted by Crippen LogP contribution is 2.33. The zero-order valence-electron chi connectivity index (χ0n) is 10.8. The molecule has 1 N–H and O–H groups in total. The number of hydrogen-bond donors (Lipinski definition) is 1. The van der Waals surface area contributed by atoms with E-state index >= 15 is 0 Å². The molecule has 1 aliphatic rings. The van der Waals surface area contributed by atoms with E-state index in [-0.39, 0.29) is 5.66 Å². The van der Waals surface area contributed by atoms with E-state index in [0.29, 0.717) is 0 Å². The molecule has 0 heterocycles. The van der Waals surface area contributed by atoms with Gasteiger partial charge in [-0.1, -0.05) is 18.6 Å². The van der Waals surface area contributed by atoms with Gasteiger partial charge in [0.25, 0.3) is 0 Å². The smallest absolute Gasteiger partial charge is 0.181 e. The normalized spacial score (nSPS) is 17.8. The maximum Gasteiger partial charge on any atom is 0.181 e. The van der Waals surface area contributed by atoms with E-state index in [1.807, 2.05) is 31.3 Å². The summed E-state index contributed by atoms with van der Waals surface area (Å²) in [5, 5.41) is 12.7. The van der Waals surface area contributed by atoms with Crippen molar-refractivity contribution in [3.8, 4) is 6.19 Å². The Kier molecular flexibility index (Phi) is 3.76. The van der Waals surface area contributed by atoms with Crippen LogP contribution in [0.4, 0.5) is 5.69 Å². The minimum Gasteiger partial charge on any atom is -0.362 e. The Morgan fingerprint density at radius 1 is 1.22 bits per heavy atom. The van der Waals surface area contributed by atoms with Crippen molar-refractivity contribution in [1.82, 2.24) is 4.90 Å². The van der Waals surface area contributed by atoms with Crippen LogP contribution in [0.5, 0.6) is 0 Å². The highest BCUT2D eigenvalue weighted by atomic mass is 15.3. The first-order valence-electron chi connectivity index (χ1n) is 6.44. The predicted molar refractivity (Wildman–Crippen MR) is 72.7 cm³/mol. The number of rotatable bonds is 3. The SMILES string of the molecule is [CH]c1ccc(NC2(N(C)C#N)CCCCC2)cc1. The highest BCUT2D eigenvalue weighted by Gasteiger charge is 2.35. The molecular weight excluding hydrogens is 222 g/mol. The van der Waals surface area contributed by atoms with E-state index in [0.717, 1.165) is 36.9 Å². The molecule has 2 radical (unpaired) electrons. The van der Waals surface area contributed by atoms with E-state index in [1.165, 1.54) is 6.42 Å². The van der Waals surface area contributed by atoms with Gasteiger partial charge in [-0.25, -0.2) is 0 Å². The van der Waals surface area contributed by atoms with Crippen molar-refractivity contribution in [2.45, 2.75) is 37.8 Å². The molecule has 3 nitrogen and oxygen atoms in total. The summed E-state index contributed by atoms with van der Waals surface area (Å²) in [5.41, 5.74) is 1.54. The second-order valence-corrected chi connectivity index (χ2v) is 5.00. The van der Waals surface area contributed by atoms with E-state index in [2.05, 4.69) is 11.5 Å². The van der Waals surface area contributed by atoms with Gasteiger partial charge in [-0.2, -0.15) is 5.26 Å². The second-order valence-electron chi connectivity index (χ2n) is 5.00. The van der Waals surface area contributed by atoms with Gasteiger partial charge in [0, 0.05) is 12.7 Å². The van der Waals surface area contributed by atoms with Crippen molar-refractivity contribution >= 4 is 5.69 Å². The third-order valence-electron chi connectivity index (χ3n) is 3.76. The minimum atomic E-state index is -0.233. The van der Waals surface area contributed by atoms with E-state index in [4.69, 9.17) is 6.92 Å². The van der Waals surface area contributed by atoms with Gasteiger partial charge >= 0.3 is 0 Å². The first-order chi connectivity index (χ1) is 8.66. The number of nitrogens with one attached hydrogen (secondary N) is 1. The number of nitriles is 1. The Balaban J connectivity index is 2.19. The highest BCUT2D eigenvalue weighted by molar-refractivity contribution is 5.47. The lowest BCUT2D eigenvalue weighted by Gasteiger charge is -2.43. The topological polar surface area (TPSA) is 39.1 Å². The first kappa shape index (κ1) is 12.8. The minimum absolute atomic E-state index is 0.233. The number of hydrogen-bond acceptors (Lipinski definition) is 3. The number of nitrogens with zero attached hydrogens (tertiary/aromatic N) is 2. The van der Waals surface area contributed by atoms with Crippen LogP contribution in [0.1, 0.15) is 37.7 Å². The second kappa shape index (κ2) is 5.30. The third-order valence-corrected chi connectivity index (χ3v) is 3.76. The molecule has 2 rings (SSSR count). The molecule has 0 saturated heterocycles. The van der Waals surface area contributed by atoms with Crippen LogP contribution in [-0.4, -0.2) is 17.6 Å². The van der Waals surface area contributed by atoms with Crippen molar-refractivity contribution in [2.24, 2.45) is 0 Å². The summed E-state index contributed by atoms with van der Waals surface area (Å²) >= 11 is 0. The van der Waals surface area contributed by atoms with Crippen LogP contribution < -0.4 is 5.32 Å². The Labute approximate surface area is 109 Å².